The van der Waals surface area contributed by atoms with Crippen molar-refractivity contribution < 1.29 is 13.2 Å². The lowest BCUT2D eigenvalue weighted by Gasteiger charge is -2.32. The summed E-state index contributed by atoms with van der Waals surface area (Å²) in [6.45, 7) is 2.86. The van der Waals surface area contributed by atoms with Gasteiger partial charge in [0.05, 0.1) is 10.4 Å². The van der Waals surface area contributed by atoms with Crippen molar-refractivity contribution in [2.45, 2.75) is 43.7 Å². The standard InChI is InChI=1S/C22H25N3O3S/c1-17-6-4-5-14-25(17)29(27,28)20-11-9-18(10-12-20)16-23-22(26)24-15-13-19-7-2-3-8-21(19)24/h2-3,7-13,15,17H,4-6,14,16H2,1H3,(H,23,26). The molecule has 152 valence electrons. The number of nitrogens with zero attached hydrogens (tertiary/aromatic N) is 2. The van der Waals surface area contributed by atoms with E-state index in [1.54, 1.807) is 39.3 Å². The van der Waals surface area contributed by atoms with E-state index in [0.29, 0.717) is 18.0 Å². The van der Waals surface area contributed by atoms with Crippen LogP contribution in [-0.4, -0.2) is 35.9 Å². The maximum Gasteiger partial charge on any atom is 0.326 e. The van der Waals surface area contributed by atoms with Gasteiger partial charge in [0, 0.05) is 30.7 Å². The average molecular weight is 412 g/mol. The van der Waals surface area contributed by atoms with Crippen molar-refractivity contribution in [1.82, 2.24) is 14.2 Å². The Morgan fingerprint density at radius 2 is 1.83 bits per heavy atom. The molecule has 2 aromatic carbocycles. The highest BCUT2D eigenvalue weighted by atomic mass is 32.2. The number of carbonyl (C=O) groups excluding carboxylic acids is 1. The van der Waals surface area contributed by atoms with E-state index in [2.05, 4.69) is 5.32 Å². The zero-order chi connectivity index (χ0) is 20.4. The number of benzene rings is 2. The molecular weight excluding hydrogens is 386 g/mol. The minimum Gasteiger partial charge on any atom is -0.333 e. The second-order valence-electron chi connectivity index (χ2n) is 7.51. The monoisotopic (exact) mass is 411 g/mol. The number of hydrogen-bond donors (Lipinski definition) is 1. The molecule has 1 amide bonds. The van der Waals surface area contributed by atoms with Crippen LogP contribution < -0.4 is 5.32 Å². The fourth-order valence-corrected chi connectivity index (χ4v) is 5.57. The second kappa shape index (κ2) is 8.00. The average Bonchev–Trinajstić information content (AvgIpc) is 3.17. The van der Waals surface area contributed by atoms with Crippen molar-refractivity contribution in [2.24, 2.45) is 0 Å². The van der Waals surface area contributed by atoms with Crippen LogP contribution in [0.1, 0.15) is 31.7 Å². The van der Waals surface area contributed by atoms with Gasteiger partial charge in [0.25, 0.3) is 0 Å². The number of fused-ring (bicyclic) bond motifs is 1. The minimum absolute atomic E-state index is 0.0316. The number of nitrogens with one attached hydrogen (secondary N) is 1. The molecule has 4 rings (SSSR count). The summed E-state index contributed by atoms with van der Waals surface area (Å²) in [6, 6.07) is 16.2. The Morgan fingerprint density at radius 3 is 2.59 bits per heavy atom. The summed E-state index contributed by atoms with van der Waals surface area (Å²) in [5.41, 5.74) is 1.70. The van der Waals surface area contributed by atoms with E-state index >= 15 is 0 Å². The fourth-order valence-electron chi connectivity index (χ4n) is 3.87. The zero-order valence-corrected chi connectivity index (χ0v) is 17.2. The van der Waals surface area contributed by atoms with Gasteiger partial charge in [-0.1, -0.05) is 36.8 Å². The molecular formula is C22H25N3O3S. The number of piperidine rings is 1. The zero-order valence-electron chi connectivity index (χ0n) is 16.4. The summed E-state index contributed by atoms with van der Waals surface area (Å²) in [5.74, 6) is 0. The molecule has 0 bridgehead atoms. The molecule has 7 heteroatoms. The molecule has 29 heavy (non-hydrogen) atoms. The highest BCUT2D eigenvalue weighted by Crippen LogP contribution is 2.25. The van der Waals surface area contributed by atoms with Gasteiger partial charge >= 0.3 is 6.03 Å². The maximum atomic E-state index is 12.9. The summed E-state index contributed by atoms with van der Waals surface area (Å²) in [4.78, 5) is 12.8. The van der Waals surface area contributed by atoms with Gasteiger partial charge in [-0.2, -0.15) is 4.31 Å². The van der Waals surface area contributed by atoms with E-state index < -0.39 is 10.0 Å². The number of carbonyl (C=O) groups is 1. The van der Waals surface area contributed by atoms with Crippen molar-refractivity contribution in [3.63, 3.8) is 0 Å². The Bertz CT molecular complexity index is 1120. The Labute approximate surface area is 171 Å². The third-order valence-corrected chi connectivity index (χ3v) is 7.56. The Kier molecular flexibility index (Phi) is 5.43. The van der Waals surface area contributed by atoms with Crippen LogP contribution in [0, 0.1) is 0 Å². The van der Waals surface area contributed by atoms with Crippen LogP contribution in [0.4, 0.5) is 4.79 Å². The van der Waals surface area contributed by atoms with Gasteiger partial charge in [-0.05, 0) is 49.6 Å². The first kappa shape index (κ1) is 19.7. The largest absolute Gasteiger partial charge is 0.333 e. The van der Waals surface area contributed by atoms with Gasteiger partial charge in [-0.3, -0.25) is 4.57 Å². The van der Waals surface area contributed by atoms with E-state index in [9.17, 15) is 13.2 Å². The van der Waals surface area contributed by atoms with Gasteiger partial charge in [0.1, 0.15) is 0 Å². The number of hydrogen-bond acceptors (Lipinski definition) is 3. The molecule has 6 nitrogen and oxygen atoms in total. The number of amides is 1. The molecule has 1 unspecified atom stereocenters. The smallest absolute Gasteiger partial charge is 0.326 e. The Hall–Kier alpha value is -2.64. The summed E-state index contributed by atoms with van der Waals surface area (Å²) in [6.07, 6.45) is 4.62. The minimum atomic E-state index is -3.48. The van der Waals surface area contributed by atoms with Crippen molar-refractivity contribution in [1.29, 1.82) is 0 Å². The van der Waals surface area contributed by atoms with Crippen LogP contribution in [0.25, 0.3) is 10.9 Å². The molecule has 0 spiro atoms. The van der Waals surface area contributed by atoms with E-state index in [0.717, 1.165) is 35.7 Å². The van der Waals surface area contributed by atoms with Crippen LogP contribution in [-0.2, 0) is 16.6 Å². The molecule has 1 fully saturated rings. The van der Waals surface area contributed by atoms with Crippen molar-refractivity contribution in [3.05, 3.63) is 66.4 Å². The lowest BCUT2D eigenvalue weighted by Crippen LogP contribution is -2.41. The van der Waals surface area contributed by atoms with Crippen molar-refractivity contribution in [2.75, 3.05) is 6.54 Å². The third-order valence-electron chi connectivity index (χ3n) is 5.53. The summed E-state index contributed by atoms with van der Waals surface area (Å²) in [7, 11) is -3.48. The predicted octanol–water partition coefficient (Wildman–Crippen LogP) is 3.96. The quantitative estimate of drug-likeness (QED) is 0.706. The maximum absolute atomic E-state index is 12.9. The molecule has 1 atom stereocenters. The Balaban J connectivity index is 1.44. The van der Waals surface area contributed by atoms with Crippen molar-refractivity contribution >= 4 is 27.0 Å². The van der Waals surface area contributed by atoms with E-state index in [-0.39, 0.29) is 12.1 Å². The Morgan fingerprint density at radius 1 is 1.07 bits per heavy atom. The summed E-state index contributed by atoms with van der Waals surface area (Å²) >= 11 is 0. The summed E-state index contributed by atoms with van der Waals surface area (Å²) < 4.78 is 29.0. The number of para-hydroxylation sites is 1. The van der Waals surface area contributed by atoms with E-state index in [1.807, 2.05) is 37.3 Å². The van der Waals surface area contributed by atoms with Crippen LogP contribution in [0.2, 0.25) is 0 Å². The van der Waals surface area contributed by atoms with Gasteiger partial charge in [-0.15, -0.1) is 0 Å². The van der Waals surface area contributed by atoms with Gasteiger partial charge < -0.3 is 5.32 Å². The molecule has 0 saturated carbocycles. The van der Waals surface area contributed by atoms with Gasteiger partial charge in [-0.25, -0.2) is 13.2 Å². The van der Waals surface area contributed by atoms with Crippen LogP contribution >= 0.6 is 0 Å². The first-order chi connectivity index (χ1) is 14.0. The molecule has 0 radical (unpaired) electrons. The van der Waals surface area contributed by atoms with Crippen LogP contribution in [0.15, 0.2) is 65.7 Å². The SMILES string of the molecule is CC1CCCCN1S(=O)(=O)c1ccc(CNC(=O)n2ccc3ccccc32)cc1. The number of rotatable bonds is 4. The van der Waals surface area contributed by atoms with Crippen molar-refractivity contribution in [3.8, 4) is 0 Å². The lowest BCUT2D eigenvalue weighted by molar-refractivity contribution is 0.243. The van der Waals surface area contributed by atoms with E-state index in [1.165, 1.54) is 0 Å². The fraction of sp³-hybridized carbons (Fsp3) is 0.318. The van der Waals surface area contributed by atoms with Gasteiger partial charge in [0.15, 0.2) is 0 Å². The predicted molar refractivity (Wildman–Crippen MR) is 113 cm³/mol. The van der Waals surface area contributed by atoms with Gasteiger partial charge in [0.2, 0.25) is 10.0 Å². The van der Waals surface area contributed by atoms with E-state index in [4.69, 9.17) is 0 Å². The molecule has 2 heterocycles. The first-order valence-corrected chi connectivity index (χ1v) is 11.4. The van der Waals surface area contributed by atoms with Crippen LogP contribution in [0.3, 0.4) is 0 Å². The first-order valence-electron chi connectivity index (χ1n) is 9.92. The number of aromatic nitrogens is 1. The second-order valence-corrected chi connectivity index (χ2v) is 9.40. The van der Waals surface area contributed by atoms with Crippen LogP contribution in [0.5, 0.6) is 0 Å². The highest BCUT2D eigenvalue weighted by Gasteiger charge is 2.30. The topological polar surface area (TPSA) is 71.4 Å². The highest BCUT2D eigenvalue weighted by molar-refractivity contribution is 7.89. The third kappa shape index (κ3) is 3.93. The molecule has 1 aliphatic heterocycles. The molecule has 1 aromatic heterocycles. The molecule has 1 saturated heterocycles. The molecule has 3 aromatic rings. The summed E-state index contributed by atoms with van der Waals surface area (Å²) in [5, 5.41) is 3.89. The number of sulfonamides is 1. The lowest BCUT2D eigenvalue weighted by atomic mass is 10.1. The molecule has 1 N–H and O–H groups in total. The molecule has 0 aliphatic carbocycles. The molecule has 1 aliphatic rings. The normalized spacial score (nSPS) is 18.0.